The lowest BCUT2D eigenvalue weighted by Gasteiger charge is -2.22. The van der Waals surface area contributed by atoms with Crippen molar-refractivity contribution in [3.05, 3.63) is 51.8 Å². The molecule has 1 aromatic carbocycles. The number of rotatable bonds is 6. The zero-order valence-electron chi connectivity index (χ0n) is 11.8. The van der Waals surface area contributed by atoms with E-state index in [4.69, 9.17) is 0 Å². The van der Waals surface area contributed by atoms with Crippen LogP contribution in [-0.4, -0.2) is 34.0 Å². The predicted molar refractivity (Wildman–Crippen MR) is 90.1 cm³/mol. The van der Waals surface area contributed by atoms with Crippen LogP contribution in [0, 0.1) is 0 Å². The summed E-state index contributed by atoms with van der Waals surface area (Å²) in [5.74, 6) is 0. The van der Waals surface area contributed by atoms with Gasteiger partial charge in [-0.05, 0) is 47.7 Å². The lowest BCUT2D eigenvalue weighted by Crippen LogP contribution is -2.35. The molecule has 0 radical (unpaired) electrons. The van der Waals surface area contributed by atoms with Crippen molar-refractivity contribution in [1.29, 1.82) is 0 Å². The molecule has 1 aromatic heterocycles. The van der Waals surface area contributed by atoms with E-state index in [0.29, 0.717) is 10.8 Å². The molecule has 4 nitrogen and oxygen atoms in total. The fourth-order valence-corrected chi connectivity index (χ4v) is 5.19. The number of nitrogens with zero attached hydrogens (tertiary/aromatic N) is 1. The minimum Gasteiger partial charge on any atom is -0.307 e. The van der Waals surface area contributed by atoms with Crippen LogP contribution in [0.15, 0.2) is 50.5 Å². The topological polar surface area (TPSA) is 49.4 Å². The molecule has 0 aliphatic rings. The highest BCUT2D eigenvalue weighted by Gasteiger charge is 2.23. The second-order valence-electron chi connectivity index (χ2n) is 4.91. The van der Waals surface area contributed by atoms with Crippen molar-refractivity contribution in [2.45, 2.75) is 10.3 Å². The Bertz CT molecular complexity index is 684. The van der Waals surface area contributed by atoms with Gasteiger partial charge in [0.05, 0.1) is 9.83 Å². The lowest BCUT2D eigenvalue weighted by molar-refractivity contribution is 0.363. The first-order valence-corrected chi connectivity index (χ1v) is 9.45. The largest absolute Gasteiger partial charge is 0.307 e. The zero-order chi connectivity index (χ0) is 15.5. The molecule has 1 atom stereocenters. The Kier molecular flexibility index (Phi) is 5.56. The number of halogens is 1. The first-order valence-electron chi connectivity index (χ1n) is 6.36. The van der Waals surface area contributed by atoms with E-state index in [9.17, 15) is 8.42 Å². The molecule has 1 heterocycles. The molecule has 0 amide bonds. The Balaban J connectivity index is 2.27. The molecule has 0 spiro atoms. The molecule has 1 N–H and O–H groups in total. The Morgan fingerprint density at radius 2 is 1.86 bits per heavy atom. The first-order chi connectivity index (χ1) is 9.88. The minimum absolute atomic E-state index is 0.285. The quantitative estimate of drug-likeness (QED) is 0.826. The third-order valence-electron chi connectivity index (χ3n) is 2.86. The maximum Gasteiger partial charge on any atom is 0.250 e. The number of benzene rings is 1. The SMILES string of the molecule is CN(C)CC(NS(=O)(=O)c1ccc(Br)s1)c1ccccc1. The van der Waals surface area contributed by atoms with Gasteiger partial charge in [0, 0.05) is 6.54 Å². The Morgan fingerprint density at radius 3 is 2.38 bits per heavy atom. The second-order valence-corrected chi connectivity index (χ2v) is 9.31. The van der Waals surface area contributed by atoms with Crippen molar-refractivity contribution in [3.8, 4) is 0 Å². The van der Waals surface area contributed by atoms with Gasteiger partial charge in [-0.15, -0.1) is 11.3 Å². The smallest absolute Gasteiger partial charge is 0.250 e. The molecule has 0 aliphatic heterocycles. The van der Waals surface area contributed by atoms with Crippen molar-refractivity contribution < 1.29 is 8.42 Å². The van der Waals surface area contributed by atoms with Crippen LogP contribution >= 0.6 is 27.3 Å². The number of nitrogens with one attached hydrogen (secondary N) is 1. The highest BCUT2D eigenvalue weighted by atomic mass is 79.9. The maximum absolute atomic E-state index is 12.5. The van der Waals surface area contributed by atoms with Gasteiger partial charge in [-0.2, -0.15) is 0 Å². The molecule has 0 saturated carbocycles. The van der Waals surface area contributed by atoms with E-state index in [1.165, 1.54) is 11.3 Å². The molecule has 114 valence electrons. The summed E-state index contributed by atoms with van der Waals surface area (Å²) >= 11 is 4.50. The summed E-state index contributed by atoms with van der Waals surface area (Å²) in [5.41, 5.74) is 0.949. The van der Waals surface area contributed by atoms with Gasteiger partial charge in [0.25, 0.3) is 10.0 Å². The third kappa shape index (κ3) is 4.62. The van der Waals surface area contributed by atoms with Gasteiger partial charge in [-0.25, -0.2) is 13.1 Å². The summed E-state index contributed by atoms with van der Waals surface area (Å²) in [5, 5.41) is 0. The van der Waals surface area contributed by atoms with Gasteiger partial charge in [-0.1, -0.05) is 30.3 Å². The van der Waals surface area contributed by atoms with Crippen LogP contribution in [0.25, 0.3) is 0 Å². The molecular formula is C14H17BrN2O2S2. The van der Waals surface area contributed by atoms with Crippen molar-refractivity contribution in [2.24, 2.45) is 0 Å². The van der Waals surface area contributed by atoms with E-state index in [-0.39, 0.29) is 6.04 Å². The fourth-order valence-electron chi connectivity index (χ4n) is 1.95. The molecule has 7 heteroatoms. The molecule has 0 aliphatic carbocycles. The van der Waals surface area contributed by atoms with Crippen LogP contribution in [0.3, 0.4) is 0 Å². The predicted octanol–water partition coefficient (Wildman–Crippen LogP) is 3.09. The van der Waals surface area contributed by atoms with Crippen LogP contribution < -0.4 is 4.72 Å². The monoisotopic (exact) mass is 388 g/mol. The van der Waals surface area contributed by atoms with Gasteiger partial charge in [-0.3, -0.25) is 0 Å². The Morgan fingerprint density at radius 1 is 1.19 bits per heavy atom. The summed E-state index contributed by atoms with van der Waals surface area (Å²) in [7, 11) is 0.325. The molecule has 1 unspecified atom stereocenters. The van der Waals surface area contributed by atoms with E-state index in [1.807, 2.05) is 49.3 Å². The Labute approximate surface area is 138 Å². The maximum atomic E-state index is 12.5. The molecule has 0 fully saturated rings. The minimum atomic E-state index is -3.52. The molecule has 2 aromatic rings. The molecule has 2 rings (SSSR count). The van der Waals surface area contributed by atoms with Crippen LogP contribution in [0.4, 0.5) is 0 Å². The number of hydrogen-bond acceptors (Lipinski definition) is 4. The fraction of sp³-hybridized carbons (Fsp3) is 0.286. The van der Waals surface area contributed by atoms with Crippen molar-refractivity contribution >= 4 is 37.3 Å². The highest BCUT2D eigenvalue weighted by Crippen LogP contribution is 2.27. The lowest BCUT2D eigenvalue weighted by atomic mass is 10.1. The molecular weight excluding hydrogens is 372 g/mol. The van der Waals surface area contributed by atoms with Crippen molar-refractivity contribution in [3.63, 3.8) is 0 Å². The van der Waals surface area contributed by atoms with Crippen LogP contribution in [0.5, 0.6) is 0 Å². The van der Waals surface area contributed by atoms with Gasteiger partial charge < -0.3 is 4.90 Å². The molecule has 21 heavy (non-hydrogen) atoms. The van der Waals surface area contributed by atoms with E-state index in [2.05, 4.69) is 20.7 Å². The third-order valence-corrected chi connectivity index (χ3v) is 6.45. The number of likely N-dealkylation sites (N-methyl/N-ethyl adjacent to an activating group) is 1. The summed E-state index contributed by atoms with van der Waals surface area (Å²) in [4.78, 5) is 1.96. The van der Waals surface area contributed by atoms with E-state index < -0.39 is 10.0 Å². The average Bonchev–Trinajstić information content (AvgIpc) is 2.86. The average molecular weight is 389 g/mol. The van der Waals surface area contributed by atoms with E-state index in [1.54, 1.807) is 12.1 Å². The number of thiophene rings is 1. The van der Waals surface area contributed by atoms with Gasteiger partial charge in [0.15, 0.2) is 0 Å². The van der Waals surface area contributed by atoms with Crippen molar-refractivity contribution in [1.82, 2.24) is 9.62 Å². The van der Waals surface area contributed by atoms with E-state index in [0.717, 1.165) is 9.35 Å². The summed E-state index contributed by atoms with van der Waals surface area (Å²) in [6.07, 6.45) is 0. The molecule has 0 bridgehead atoms. The second kappa shape index (κ2) is 7.02. The normalized spacial score (nSPS) is 13.5. The molecule has 0 saturated heterocycles. The van der Waals surface area contributed by atoms with Gasteiger partial charge in [0.1, 0.15) is 4.21 Å². The van der Waals surface area contributed by atoms with E-state index >= 15 is 0 Å². The Hall–Kier alpha value is -0.730. The zero-order valence-corrected chi connectivity index (χ0v) is 15.0. The number of hydrogen-bond donors (Lipinski definition) is 1. The van der Waals surface area contributed by atoms with Crippen LogP contribution in [0.2, 0.25) is 0 Å². The number of sulfonamides is 1. The van der Waals surface area contributed by atoms with Gasteiger partial charge >= 0.3 is 0 Å². The summed E-state index contributed by atoms with van der Waals surface area (Å²) < 4.78 is 28.8. The highest BCUT2D eigenvalue weighted by molar-refractivity contribution is 9.11. The van der Waals surface area contributed by atoms with Crippen molar-refractivity contribution in [2.75, 3.05) is 20.6 Å². The van der Waals surface area contributed by atoms with Crippen LogP contribution in [-0.2, 0) is 10.0 Å². The first kappa shape index (κ1) is 16.6. The van der Waals surface area contributed by atoms with Crippen LogP contribution in [0.1, 0.15) is 11.6 Å². The standard InChI is InChI=1S/C14H17BrN2O2S2/c1-17(2)10-12(11-6-4-3-5-7-11)16-21(18,19)14-9-8-13(15)20-14/h3-9,12,16H,10H2,1-2H3. The van der Waals surface area contributed by atoms with Gasteiger partial charge in [0.2, 0.25) is 0 Å². The summed E-state index contributed by atoms with van der Waals surface area (Å²) in [6, 6.07) is 12.7. The summed E-state index contributed by atoms with van der Waals surface area (Å²) in [6.45, 7) is 0.593.